The quantitative estimate of drug-likeness (QED) is 0.717. The van der Waals surface area contributed by atoms with E-state index in [0.29, 0.717) is 38.5 Å². The van der Waals surface area contributed by atoms with Crippen LogP contribution in [0.5, 0.6) is 0 Å². The Morgan fingerprint density at radius 3 is 2.80 bits per heavy atom. The number of rotatable bonds is 2. The van der Waals surface area contributed by atoms with Crippen molar-refractivity contribution in [2.45, 2.75) is 6.54 Å². The van der Waals surface area contributed by atoms with Gasteiger partial charge >= 0.3 is 0 Å². The highest BCUT2D eigenvalue weighted by atomic mass is 16.5. The minimum absolute atomic E-state index is 0.0259. The summed E-state index contributed by atoms with van der Waals surface area (Å²) in [5, 5.41) is 0. The summed E-state index contributed by atoms with van der Waals surface area (Å²) in [4.78, 5) is 16.7. The maximum absolute atomic E-state index is 11.9. The Hall–Kier alpha value is -1.33. The standard InChI is InChI=1S/C10H15N3O2/c11-7-8-1-2-9(12-8)10(14)13-3-5-15-6-4-13/h1-2,12H,3-7,11H2. The molecule has 1 fully saturated rings. The van der Waals surface area contributed by atoms with Crippen LogP contribution in [0.25, 0.3) is 0 Å². The molecule has 2 heterocycles. The number of ether oxygens (including phenoxy) is 1. The fraction of sp³-hybridized carbons (Fsp3) is 0.500. The average Bonchev–Trinajstić information content (AvgIpc) is 2.78. The molecule has 3 N–H and O–H groups in total. The first-order valence-corrected chi connectivity index (χ1v) is 5.06. The number of hydrogen-bond donors (Lipinski definition) is 2. The summed E-state index contributed by atoms with van der Waals surface area (Å²) in [5.74, 6) is 0.0259. The van der Waals surface area contributed by atoms with Crippen LogP contribution in [0.15, 0.2) is 12.1 Å². The van der Waals surface area contributed by atoms with E-state index >= 15 is 0 Å². The molecule has 1 aliphatic rings. The number of nitrogens with zero attached hydrogens (tertiary/aromatic N) is 1. The predicted molar refractivity (Wildman–Crippen MR) is 55.4 cm³/mol. The van der Waals surface area contributed by atoms with Crippen LogP contribution in [0, 0.1) is 0 Å². The molecule has 0 aliphatic carbocycles. The number of morpholine rings is 1. The highest BCUT2D eigenvalue weighted by molar-refractivity contribution is 5.92. The maximum atomic E-state index is 11.9. The van der Waals surface area contributed by atoms with Crippen molar-refractivity contribution in [2.75, 3.05) is 26.3 Å². The monoisotopic (exact) mass is 209 g/mol. The van der Waals surface area contributed by atoms with Crippen molar-refractivity contribution in [3.63, 3.8) is 0 Å². The van der Waals surface area contributed by atoms with Crippen LogP contribution in [0.2, 0.25) is 0 Å². The van der Waals surface area contributed by atoms with Gasteiger partial charge in [-0.3, -0.25) is 4.79 Å². The molecule has 5 heteroatoms. The number of hydrogen-bond acceptors (Lipinski definition) is 3. The van der Waals surface area contributed by atoms with Gasteiger partial charge in [-0.1, -0.05) is 0 Å². The van der Waals surface area contributed by atoms with E-state index < -0.39 is 0 Å². The third-order valence-electron chi connectivity index (χ3n) is 2.50. The number of amides is 1. The van der Waals surface area contributed by atoms with Crippen molar-refractivity contribution in [1.82, 2.24) is 9.88 Å². The van der Waals surface area contributed by atoms with Gasteiger partial charge < -0.3 is 20.4 Å². The van der Waals surface area contributed by atoms with Gasteiger partial charge in [-0.25, -0.2) is 0 Å². The smallest absolute Gasteiger partial charge is 0.270 e. The summed E-state index contributed by atoms with van der Waals surface area (Å²) in [6, 6.07) is 3.62. The normalized spacial score (nSPS) is 16.7. The van der Waals surface area contributed by atoms with Crippen LogP contribution >= 0.6 is 0 Å². The first kappa shape index (κ1) is 10.2. The van der Waals surface area contributed by atoms with E-state index in [9.17, 15) is 4.79 Å². The molecule has 0 atom stereocenters. The van der Waals surface area contributed by atoms with Crippen LogP contribution in [0.4, 0.5) is 0 Å². The van der Waals surface area contributed by atoms with Crippen LogP contribution in [0.1, 0.15) is 16.2 Å². The van der Waals surface area contributed by atoms with Crippen molar-refractivity contribution in [3.8, 4) is 0 Å². The Morgan fingerprint density at radius 2 is 2.20 bits per heavy atom. The minimum atomic E-state index is 0.0259. The number of carbonyl (C=O) groups excluding carboxylic acids is 1. The summed E-state index contributed by atoms with van der Waals surface area (Å²) >= 11 is 0. The molecule has 1 aromatic rings. The minimum Gasteiger partial charge on any atom is -0.378 e. The highest BCUT2D eigenvalue weighted by Crippen LogP contribution is 2.07. The van der Waals surface area contributed by atoms with Gasteiger partial charge in [0.15, 0.2) is 0 Å². The Morgan fingerprint density at radius 1 is 1.47 bits per heavy atom. The van der Waals surface area contributed by atoms with Gasteiger partial charge in [0, 0.05) is 25.3 Å². The number of nitrogens with one attached hydrogen (secondary N) is 1. The van der Waals surface area contributed by atoms with Crippen LogP contribution in [-0.2, 0) is 11.3 Å². The Kier molecular flexibility index (Phi) is 3.03. The zero-order valence-electron chi connectivity index (χ0n) is 8.53. The molecule has 2 rings (SSSR count). The van der Waals surface area contributed by atoms with E-state index in [1.807, 2.05) is 6.07 Å². The predicted octanol–water partition coefficient (Wildman–Crippen LogP) is -0.0542. The molecular formula is C10H15N3O2. The van der Waals surface area contributed by atoms with Crippen LogP contribution in [-0.4, -0.2) is 42.1 Å². The van der Waals surface area contributed by atoms with Gasteiger partial charge in [0.1, 0.15) is 5.69 Å². The molecule has 5 nitrogen and oxygen atoms in total. The van der Waals surface area contributed by atoms with E-state index in [0.717, 1.165) is 5.69 Å². The number of nitrogens with two attached hydrogens (primary N) is 1. The number of aromatic amines is 1. The topological polar surface area (TPSA) is 71.3 Å². The van der Waals surface area contributed by atoms with E-state index in [4.69, 9.17) is 10.5 Å². The van der Waals surface area contributed by atoms with Gasteiger partial charge in [-0.05, 0) is 12.1 Å². The molecule has 1 amide bonds. The third kappa shape index (κ3) is 2.19. The third-order valence-corrected chi connectivity index (χ3v) is 2.50. The summed E-state index contributed by atoms with van der Waals surface area (Å²) in [6.45, 7) is 2.99. The Balaban J connectivity index is 2.05. The first-order chi connectivity index (χ1) is 7.31. The fourth-order valence-electron chi connectivity index (χ4n) is 1.62. The van der Waals surface area contributed by atoms with Crippen molar-refractivity contribution in [1.29, 1.82) is 0 Å². The lowest BCUT2D eigenvalue weighted by atomic mass is 10.3. The van der Waals surface area contributed by atoms with Crippen LogP contribution in [0.3, 0.4) is 0 Å². The van der Waals surface area contributed by atoms with Crippen molar-refractivity contribution in [3.05, 3.63) is 23.5 Å². The molecule has 1 saturated heterocycles. The lowest BCUT2D eigenvalue weighted by Gasteiger charge is -2.26. The van der Waals surface area contributed by atoms with Gasteiger partial charge in [0.05, 0.1) is 13.2 Å². The first-order valence-electron chi connectivity index (χ1n) is 5.06. The largest absolute Gasteiger partial charge is 0.378 e. The van der Waals surface area contributed by atoms with Crippen molar-refractivity contribution in [2.24, 2.45) is 5.73 Å². The fourth-order valence-corrected chi connectivity index (χ4v) is 1.62. The second kappa shape index (κ2) is 4.46. The highest BCUT2D eigenvalue weighted by Gasteiger charge is 2.19. The number of aromatic nitrogens is 1. The molecule has 0 spiro atoms. The zero-order valence-corrected chi connectivity index (χ0v) is 8.53. The molecule has 1 aromatic heterocycles. The van der Waals surface area contributed by atoms with Gasteiger partial charge in [0.2, 0.25) is 0 Å². The second-order valence-electron chi connectivity index (χ2n) is 3.51. The molecule has 0 bridgehead atoms. The molecule has 0 radical (unpaired) electrons. The van der Waals surface area contributed by atoms with E-state index in [1.54, 1.807) is 11.0 Å². The molecule has 0 saturated carbocycles. The molecule has 15 heavy (non-hydrogen) atoms. The summed E-state index contributed by atoms with van der Waals surface area (Å²) in [6.07, 6.45) is 0. The Labute approximate surface area is 88.2 Å². The molecule has 1 aliphatic heterocycles. The lowest BCUT2D eigenvalue weighted by molar-refractivity contribution is 0.0299. The molecule has 0 aromatic carbocycles. The van der Waals surface area contributed by atoms with E-state index in [-0.39, 0.29) is 5.91 Å². The Bertz CT molecular complexity index is 342. The van der Waals surface area contributed by atoms with Crippen LogP contribution < -0.4 is 5.73 Å². The second-order valence-corrected chi connectivity index (χ2v) is 3.51. The van der Waals surface area contributed by atoms with Gasteiger partial charge in [0.25, 0.3) is 5.91 Å². The summed E-state index contributed by atoms with van der Waals surface area (Å²) in [7, 11) is 0. The lowest BCUT2D eigenvalue weighted by Crippen LogP contribution is -2.40. The van der Waals surface area contributed by atoms with Crippen molar-refractivity contribution >= 4 is 5.91 Å². The molecule has 82 valence electrons. The number of carbonyl (C=O) groups is 1. The van der Waals surface area contributed by atoms with Gasteiger partial charge in [-0.15, -0.1) is 0 Å². The SMILES string of the molecule is NCc1ccc(C(=O)N2CCOCC2)[nH]1. The van der Waals surface area contributed by atoms with Crippen molar-refractivity contribution < 1.29 is 9.53 Å². The van der Waals surface area contributed by atoms with E-state index in [1.165, 1.54) is 0 Å². The average molecular weight is 209 g/mol. The molecular weight excluding hydrogens is 194 g/mol. The zero-order chi connectivity index (χ0) is 10.7. The molecule has 0 unspecified atom stereocenters. The summed E-state index contributed by atoms with van der Waals surface area (Å²) in [5.41, 5.74) is 6.96. The number of H-pyrrole nitrogens is 1. The van der Waals surface area contributed by atoms with Gasteiger partial charge in [-0.2, -0.15) is 0 Å². The maximum Gasteiger partial charge on any atom is 0.270 e. The summed E-state index contributed by atoms with van der Waals surface area (Å²) < 4.78 is 5.19. The van der Waals surface area contributed by atoms with E-state index in [2.05, 4.69) is 4.98 Å².